The van der Waals surface area contributed by atoms with Crippen molar-refractivity contribution in [3.05, 3.63) is 28.2 Å². The number of hydrogen-bond acceptors (Lipinski definition) is 2. The van der Waals surface area contributed by atoms with E-state index in [9.17, 15) is 0 Å². The van der Waals surface area contributed by atoms with Crippen LogP contribution in [-0.4, -0.2) is 13.2 Å². The number of hydrogen-bond donors (Lipinski definition) is 1. The van der Waals surface area contributed by atoms with Crippen molar-refractivity contribution >= 4 is 15.9 Å². The molecule has 2 aliphatic rings. The Hall–Kier alpha value is -0.540. The van der Waals surface area contributed by atoms with Crippen LogP contribution in [0, 0.1) is 17.8 Å². The van der Waals surface area contributed by atoms with Gasteiger partial charge in [0.25, 0.3) is 0 Å². The van der Waals surface area contributed by atoms with Gasteiger partial charge in [-0.2, -0.15) is 0 Å². The Morgan fingerprint density at radius 2 is 2.20 bits per heavy atom. The summed E-state index contributed by atoms with van der Waals surface area (Å²) in [6.07, 6.45) is 5.74. The monoisotopic (exact) mass is 337 g/mol. The van der Waals surface area contributed by atoms with Crippen LogP contribution in [0.4, 0.5) is 0 Å². The Morgan fingerprint density at radius 3 is 2.85 bits per heavy atom. The van der Waals surface area contributed by atoms with Crippen molar-refractivity contribution < 1.29 is 4.74 Å². The fraction of sp³-hybridized carbons (Fsp3) is 0.647. The topological polar surface area (TPSA) is 21.3 Å². The van der Waals surface area contributed by atoms with E-state index in [1.165, 1.54) is 31.2 Å². The first-order valence-corrected chi connectivity index (χ1v) is 8.67. The molecule has 3 heteroatoms. The van der Waals surface area contributed by atoms with Crippen molar-refractivity contribution in [2.24, 2.45) is 17.8 Å². The Kier molecular flexibility index (Phi) is 4.67. The normalized spacial score (nSPS) is 28.0. The van der Waals surface area contributed by atoms with E-state index < -0.39 is 0 Å². The van der Waals surface area contributed by atoms with Gasteiger partial charge in [-0.3, -0.25) is 0 Å². The molecule has 0 radical (unpaired) electrons. The lowest BCUT2D eigenvalue weighted by Gasteiger charge is -2.22. The highest BCUT2D eigenvalue weighted by Gasteiger charge is 2.39. The van der Waals surface area contributed by atoms with Gasteiger partial charge in [-0.15, -0.1) is 0 Å². The van der Waals surface area contributed by atoms with Crippen LogP contribution >= 0.6 is 15.9 Å². The summed E-state index contributed by atoms with van der Waals surface area (Å²) in [6.45, 7) is 4.94. The molecule has 3 atom stereocenters. The molecule has 1 aromatic rings. The van der Waals surface area contributed by atoms with Crippen LogP contribution in [0.5, 0.6) is 5.75 Å². The van der Waals surface area contributed by atoms with Gasteiger partial charge < -0.3 is 10.1 Å². The molecular formula is C17H24BrNO. The largest absolute Gasteiger partial charge is 0.492 e. The van der Waals surface area contributed by atoms with Crippen LogP contribution in [0.15, 0.2) is 22.7 Å². The fourth-order valence-electron chi connectivity index (χ4n) is 3.82. The molecule has 2 nitrogen and oxygen atoms in total. The van der Waals surface area contributed by atoms with Crippen molar-refractivity contribution in [3.8, 4) is 5.75 Å². The number of fused-ring (bicyclic) bond motifs is 2. The van der Waals surface area contributed by atoms with E-state index in [1.54, 1.807) is 0 Å². The lowest BCUT2D eigenvalue weighted by Crippen LogP contribution is -2.18. The van der Waals surface area contributed by atoms with Crippen LogP contribution in [-0.2, 0) is 6.54 Å². The molecule has 0 heterocycles. The van der Waals surface area contributed by atoms with Gasteiger partial charge in [-0.1, -0.05) is 19.4 Å². The molecular weight excluding hydrogens is 314 g/mol. The maximum Gasteiger partial charge on any atom is 0.133 e. The third kappa shape index (κ3) is 3.20. The zero-order chi connectivity index (χ0) is 13.9. The smallest absolute Gasteiger partial charge is 0.133 e. The highest BCUT2D eigenvalue weighted by atomic mass is 79.9. The molecule has 0 spiro atoms. The number of nitrogens with one attached hydrogen (secondary N) is 1. The summed E-state index contributed by atoms with van der Waals surface area (Å²) >= 11 is 3.64. The fourth-order valence-corrected chi connectivity index (χ4v) is 4.36. The van der Waals surface area contributed by atoms with Crippen LogP contribution in [0.2, 0.25) is 0 Å². The Morgan fingerprint density at radius 1 is 1.30 bits per heavy atom. The SMILES string of the molecule is CCNCc1ccc(OCC2CC3CCC2C3)c(Br)c1. The predicted molar refractivity (Wildman–Crippen MR) is 86.0 cm³/mol. The molecule has 1 N–H and O–H groups in total. The number of halogens is 1. The number of benzene rings is 1. The van der Waals surface area contributed by atoms with Crippen molar-refractivity contribution in [3.63, 3.8) is 0 Å². The molecule has 110 valence electrons. The van der Waals surface area contributed by atoms with Gasteiger partial charge in [-0.05, 0) is 77.2 Å². The standard InChI is InChI=1S/C17H24BrNO/c1-2-19-10-13-4-6-17(16(18)9-13)20-11-15-8-12-3-5-14(15)7-12/h4,6,9,12,14-15,19H,2-3,5,7-8,10-11H2,1H3. The van der Waals surface area contributed by atoms with Gasteiger partial charge in [0.1, 0.15) is 5.75 Å². The summed E-state index contributed by atoms with van der Waals surface area (Å²) in [4.78, 5) is 0. The molecule has 0 saturated heterocycles. The van der Waals surface area contributed by atoms with E-state index in [-0.39, 0.29) is 0 Å². The van der Waals surface area contributed by atoms with E-state index in [4.69, 9.17) is 4.74 Å². The molecule has 0 aromatic heterocycles. The van der Waals surface area contributed by atoms with Crippen LogP contribution in [0.1, 0.15) is 38.2 Å². The summed E-state index contributed by atoms with van der Waals surface area (Å²) < 4.78 is 7.15. The van der Waals surface area contributed by atoms with Gasteiger partial charge in [0.2, 0.25) is 0 Å². The number of rotatable bonds is 6. The van der Waals surface area contributed by atoms with Crippen molar-refractivity contribution in [1.29, 1.82) is 0 Å². The molecule has 2 fully saturated rings. The van der Waals surface area contributed by atoms with Crippen LogP contribution in [0.3, 0.4) is 0 Å². The first-order chi connectivity index (χ1) is 9.76. The minimum Gasteiger partial charge on any atom is -0.492 e. The Bertz CT molecular complexity index is 462. The zero-order valence-corrected chi connectivity index (χ0v) is 13.8. The summed E-state index contributed by atoms with van der Waals surface area (Å²) in [5, 5.41) is 3.34. The molecule has 0 aliphatic heterocycles. The van der Waals surface area contributed by atoms with E-state index in [0.29, 0.717) is 0 Å². The van der Waals surface area contributed by atoms with Gasteiger partial charge in [0, 0.05) is 6.54 Å². The molecule has 0 amide bonds. The summed E-state index contributed by atoms with van der Waals surface area (Å²) in [6, 6.07) is 6.42. The van der Waals surface area contributed by atoms with Crippen molar-refractivity contribution in [1.82, 2.24) is 5.32 Å². The van der Waals surface area contributed by atoms with Gasteiger partial charge in [0.05, 0.1) is 11.1 Å². The quantitative estimate of drug-likeness (QED) is 0.831. The van der Waals surface area contributed by atoms with Crippen molar-refractivity contribution in [2.45, 2.75) is 39.2 Å². The Labute approximate surface area is 130 Å². The molecule has 2 saturated carbocycles. The first kappa shape index (κ1) is 14.4. The Balaban J connectivity index is 1.55. The second-order valence-electron chi connectivity index (χ2n) is 6.29. The zero-order valence-electron chi connectivity index (χ0n) is 12.2. The highest BCUT2D eigenvalue weighted by Crippen LogP contribution is 2.48. The van der Waals surface area contributed by atoms with Crippen LogP contribution < -0.4 is 10.1 Å². The van der Waals surface area contributed by atoms with Gasteiger partial charge in [-0.25, -0.2) is 0 Å². The summed E-state index contributed by atoms with van der Waals surface area (Å²) in [5.74, 6) is 3.72. The average molecular weight is 338 g/mol. The van der Waals surface area contributed by atoms with E-state index in [2.05, 4.69) is 46.4 Å². The summed E-state index contributed by atoms with van der Waals surface area (Å²) in [7, 11) is 0. The maximum absolute atomic E-state index is 6.07. The predicted octanol–water partition coefficient (Wildman–Crippen LogP) is 4.37. The molecule has 1 aromatic carbocycles. The molecule has 20 heavy (non-hydrogen) atoms. The maximum atomic E-state index is 6.07. The summed E-state index contributed by atoms with van der Waals surface area (Å²) in [5.41, 5.74) is 1.30. The van der Waals surface area contributed by atoms with Crippen LogP contribution in [0.25, 0.3) is 0 Å². The van der Waals surface area contributed by atoms with Gasteiger partial charge in [0.15, 0.2) is 0 Å². The number of ether oxygens (including phenoxy) is 1. The molecule has 2 aliphatic carbocycles. The van der Waals surface area contributed by atoms with E-state index >= 15 is 0 Å². The average Bonchev–Trinajstić information content (AvgIpc) is 3.06. The minimum absolute atomic E-state index is 0.794. The third-order valence-electron chi connectivity index (χ3n) is 4.91. The van der Waals surface area contributed by atoms with E-state index in [0.717, 1.165) is 47.7 Å². The second-order valence-corrected chi connectivity index (χ2v) is 7.15. The van der Waals surface area contributed by atoms with Crippen molar-refractivity contribution in [2.75, 3.05) is 13.2 Å². The lowest BCUT2D eigenvalue weighted by molar-refractivity contribution is 0.194. The molecule has 3 rings (SSSR count). The highest BCUT2D eigenvalue weighted by molar-refractivity contribution is 9.10. The van der Waals surface area contributed by atoms with E-state index in [1.807, 2.05) is 0 Å². The first-order valence-electron chi connectivity index (χ1n) is 7.88. The van der Waals surface area contributed by atoms with Gasteiger partial charge >= 0.3 is 0 Å². The minimum atomic E-state index is 0.794. The second kappa shape index (κ2) is 6.48. The third-order valence-corrected chi connectivity index (χ3v) is 5.53. The molecule has 2 bridgehead atoms. The molecule has 3 unspecified atom stereocenters. The lowest BCUT2D eigenvalue weighted by atomic mass is 9.89.